The van der Waals surface area contributed by atoms with Crippen LogP contribution >= 0.6 is 0 Å². The predicted molar refractivity (Wildman–Crippen MR) is 72.1 cm³/mol. The first-order valence-electron chi connectivity index (χ1n) is 5.91. The minimum atomic E-state index is -0.725. The molecule has 20 heavy (non-hydrogen) atoms. The van der Waals surface area contributed by atoms with Gasteiger partial charge in [-0.2, -0.15) is 5.10 Å². The highest BCUT2D eigenvalue weighted by Gasteiger charge is 2.14. The maximum absolute atomic E-state index is 11.3. The van der Waals surface area contributed by atoms with Gasteiger partial charge in [0, 0.05) is 11.6 Å². The molecule has 0 radical (unpaired) electrons. The van der Waals surface area contributed by atoms with E-state index in [4.69, 9.17) is 0 Å². The zero-order valence-corrected chi connectivity index (χ0v) is 11.4. The van der Waals surface area contributed by atoms with Crippen LogP contribution in [0.5, 0.6) is 11.5 Å². The van der Waals surface area contributed by atoms with Crippen molar-refractivity contribution in [3.63, 3.8) is 0 Å². The summed E-state index contributed by atoms with van der Waals surface area (Å²) < 4.78 is 4.63. The molecule has 0 heterocycles. The number of amides is 1. The van der Waals surface area contributed by atoms with Crippen molar-refractivity contribution in [3.8, 4) is 11.5 Å². The number of ketones is 1. The topological polar surface area (TPSA) is 108 Å². The molecule has 1 aromatic rings. The number of carbonyl (C=O) groups is 2. The summed E-state index contributed by atoms with van der Waals surface area (Å²) in [7, 11) is 0. The Morgan fingerprint density at radius 3 is 2.35 bits per heavy atom. The zero-order valence-electron chi connectivity index (χ0n) is 11.4. The van der Waals surface area contributed by atoms with E-state index < -0.39 is 6.09 Å². The first kappa shape index (κ1) is 15.5. The number of carbonyl (C=O) groups excluding carboxylic acids is 2. The molecule has 0 bridgehead atoms. The molecular formula is C13H16N2O5. The normalized spacial score (nSPS) is 11.1. The number of hydrogen-bond acceptors (Lipinski definition) is 6. The zero-order chi connectivity index (χ0) is 15.3. The molecule has 0 aliphatic rings. The summed E-state index contributed by atoms with van der Waals surface area (Å²) >= 11 is 0. The number of ether oxygens (including phenoxy) is 1. The third-order valence-corrected chi connectivity index (χ3v) is 2.47. The maximum atomic E-state index is 11.3. The van der Waals surface area contributed by atoms with Gasteiger partial charge in [-0.05, 0) is 26.8 Å². The molecule has 7 heteroatoms. The van der Waals surface area contributed by atoms with Gasteiger partial charge in [-0.25, -0.2) is 10.2 Å². The van der Waals surface area contributed by atoms with Crippen LogP contribution in [0.15, 0.2) is 17.2 Å². The average molecular weight is 280 g/mol. The minimum absolute atomic E-state index is 0.0588. The number of benzene rings is 1. The molecule has 0 spiro atoms. The molecule has 0 unspecified atom stereocenters. The SMILES string of the molecule is CCOC(=O)NN=C(C)c1cc(C(C)=O)c(O)cc1O. The van der Waals surface area contributed by atoms with Crippen LogP contribution in [-0.2, 0) is 4.74 Å². The van der Waals surface area contributed by atoms with Gasteiger partial charge in [0.1, 0.15) is 11.5 Å². The summed E-state index contributed by atoms with van der Waals surface area (Å²) in [6.45, 7) is 4.68. The quantitative estimate of drug-likeness (QED) is 0.442. The third-order valence-electron chi connectivity index (χ3n) is 2.47. The summed E-state index contributed by atoms with van der Waals surface area (Å²) in [5, 5.41) is 23.0. The average Bonchev–Trinajstić information content (AvgIpc) is 2.36. The van der Waals surface area contributed by atoms with Crippen LogP contribution < -0.4 is 5.43 Å². The predicted octanol–water partition coefficient (Wildman–Crippen LogP) is 1.77. The monoisotopic (exact) mass is 280 g/mol. The largest absolute Gasteiger partial charge is 0.507 e. The summed E-state index contributed by atoms with van der Waals surface area (Å²) in [5.74, 6) is -0.917. The molecule has 1 rings (SSSR count). The summed E-state index contributed by atoms with van der Waals surface area (Å²) in [6, 6.07) is 2.36. The first-order valence-corrected chi connectivity index (χ1v) is 5.91. The molecule has 0 atom stereocenters. The molecule has 0 aliphatic heterocycles. The van der Waals surface area contributed by atoms with Crippen molar-refractivity contribution >= 4 is 17.6 Å². The second-order valence-corrected chi connectivity index (χ2v) is 3.97. The van der Waals surface area contributed by atoms with Crippen molar-refractivity contribution in [2.24, 2.45) is 5.10 Å². The fourth-order valence-corrected chi connectivity index (χ4v) is 1.50. The van der Waals surface area contributed by atoms with Crippen molar-refractivity contribution < 1.29 is 24.5 Å². The van der Waals surface area contributed by atoms with Gasteiger partial charge in [-0.1, -0.05) is 0 Å². The Morgan fingerprint density at radius 2 is 1.80 bits per heavy atom. The van der Waals surface area contributed by atoms with Gasteiger partial charge in [0.25, 0.3) is 0 Å². The lowest BCUT2D eigenvalue weighted by Crippen LogP contribution is -2.20. The molecule has 0 aliphatic carbocycles. The van der Waals surface area contributed by atoms with Gasteiger partial charge in [-0.15, -0.1) is 0 Å². The van der Waals surface area contributed by atoms with Crippen LogP contribution in [0.3, 0.4) is 0 Å². The molecule has 3 N–H and O–H groups in total. The van der Waals surface area contributed by atoms with Crippen LogP contribution in [0, 0.1) is 0 Å². The molecule has 0 saturated heterocycles. The van der Waals surface area contributed by atoms with E-state index in [1.807, 2.05) is 0 Å². The molecule has 0 aromatic heterocycles. The van der Waals surface area contributed by atoms with E-state index >= 15 is 0 Å². The number of aromatic hydroxyl groups is 2. The van der Waals surface area contributed by atoms with Gasteiger partial charge < -0.3 is 14.9 Å². The Labute approximate surface area is 115 Å². The number of phenolic OH excluding ortho intramolecular Hbond substituents is 2. The smallest absolute Gasteiger partial charge is 0.427 e. The van der Waals surface area contributed by atoms with E-state index in [1.54, 1.807) is 6.92 Å². The highest BCUT2D eigenvalue weighted by atomic mass is 16.5. The highest BCUT2D eigenvalue weighted by molar-refractivity contribution is 6.05. The van der Waals surface area contributed by atoms with E-state index in [0.717, 1.165) is 6.07 Å². The second-order valence-electron chi connectivity index (χ2n) is 3.97. The minimum Gasteiger partial charge on any atom is -0.507 e. The van der Waals surface area contributed by atoms with Crippen molar-refractivity contribution in [2.45, 2.75) is 20.8 Å². The fourth-order valence-electron chi connectivity index (χ4n) is 1.50. The number of rotatable bonds is 4. The highest BCUT2D eigenvalue weighted by Crippen LogP contribution is 2.28. The van der Waals surface area contributed by atoms with E-state index in [1.165, 1.54) is 19.9 Å². The van der Waals surface area contributed by atoms with Gasteiger partial charge >= 0.3 is 6.09 Å². The van der Waals surface area contributed by atoms with Crippen molar-refractivity contribution in [3.05, 3.63) is 23.3 Å². The van der Waals surface area contributed by atoms with E-state index in [-0.39, 0.29) is 40.7 Å². The lowest BCUT2D eigenvalue weighted by atomic mass is 10.0. The van der Waals surface area contributed by atoms with Crippen molar-refractivity contribution in [1.29, 1.82) is 0 Å². The van der Waals surface area contributed by atoms with Crippen LogP contribution in [-0.4, -0.2) is 34.4 Å². The van der Waals surface area contributed by atoms with Crippen molar-refractivity contribution in [1.82, 2.24) is 5.43 Å². The molecule has 7 nitrogen and oxygen atoms in total. The standard InChI is InChI=1S/C13H16N2O5/c1-4-20-13(19)15-14-7(2)9-5-10(8(3)16)12(18)6-11(9)17/h5-6,17-18H,4H2,1-3H3,(H,15,19). The van der Waals surface area contributed by atoms with Gasteiger partial charge in [0.2, 0.25) is 0 Å². The number of Topliss-reactive ketones (excluding diaryl/α,β-unsaturated/α-hetero) is 1. The molecule has 0 fully saturated rings. The molecule has 108 valence electrons. The van der Waals surface area contributed by atoms with Crippen LogP contribution in [0.1, 0.15) is 36.7 Å². The van der Waals surface area contributed by atoms with E-state index in [0.29, 0.717) is 0 Å². The van der Waals surface area contributed by atoms with E-state index in [9.17, 15) is 19.8 Å². The van der Waals surface area contributed by atoms with E-state index in [2.05, 4.69) is 15.3 Å². The Kier molecular flexibility index (Phi) is 5.08. The Balaban J connectivity index is 3.06. The number of phenols is 2. The van der Waals surface area contributed by atoms with Gasteiger partial charge in [-0.3, -0.25) is 4.79 Å². The van der Waals surface area contributed by atoms with Crippen molar-refractivity contribution in [2.75, 3.05) is 6.61 Å². The molecular weight excluding hydrogens is 264 g/mol. The molecule has 1 amide bonds. The Morgan fingerprint density at radius 1 is 1.20 bits per heavy atom. The lowest BCUT2D eigenvalue weighted by molar-refractivity contribution is 0.101. The third kappa shape index (κ3) is 3.71. The number of hydrazone groups is 1. The number of nitrogens with zero attached hydrogens (tertiary/aromatic N) is 1. The second kappa shape index (κ2) is 6.55. The Hall–Kier alpha value is -2.57. The summed E-state index contributed by atoms with van der Waals surface area (Å²) in [4.78, 5) is 22.4. The van der Waals surface area contributed by atoms with Crippen LogP contribution in [0.25, 0.3) is 0 Å². The Bertz CT molecular complexity index is 566. The summed E-state index contributed by atoms with van der Waals surface area (Å²) in [5.41, 5.74) is 2.69. The molecule has 1 aromatic carbocycles. The first-order chi connectivity index (χ1) is 9.36. The number of nitrogens with one attached hydrogen (secondary N) is 1. The lowest BCUT2D eigenvalue weighted by Gasteiger charge is -2.08. The van der Waals surface area contributed by atoms with Gasteiger partial charge in [0.05, 0.1) is 17.9 Å². The van der Waals surface area contributed by atoms with Crippen LogP contribution in [0.2, 0.25) is 0 Å². The van der Waals surface area contributed by atoms with Gasteiger partial charge in [0.15, 0.2) is 5.78 Å². The van der Waals surface area contributed by atoms with Crippen LogP contribution in [0.4, 0.5) is 4.79 Å². The fraction of sp³-hybridized carbons (Fsp3) is 0.308. The molecule has 0 saturated carbocycles. The summed E-state index contributed by atoms with van der Waals surface area (Å²) in [6.07, 6.45) is -0.725. The maximum Gasteiger partial charge on any atom is 0.427 e. The number of hydrogen-bond donors (Lipinski definition) is 3.